The Kier molecular flexibility index (Phi) is 7.30. The first-order chi connectivity index (χ1) is 14.7. The van der Waals surface area contributed by atoms with Crippen LogP contribution in [0.1, 0.15) is 45.0 Å². The average Bonchev–Trinajstić information content (AvgIpc) is 3.06. The Hall–Kier alpha value is -2.90. The predicted molar refractivity (Wildman–Crippen MR) is 122 cm³/mol. The Labute approximate surface area is 189 Å². The predicted octanol–water partition coefficient (Wildman–Crippen LogP) is 5.82. The third-order valence-corrected chi connectivity index (χ3v) is 5.78. The molecule has 0 aliphatic rings. The summed E-state index contributed by atoms with van der Waals surface area (Å²) in [5.41, 5.74) is 1.76. The number of benzene rings is 2. The summed E-state index contributed by atoms with van der Waals surface area (Å²) in [6.07, 6.45) is 0.0252. The fraction of sp³-hybridized carbons (Fsp3) is 0.217. The highest BCUT2D eigenvalue weighted by Crippen LogP contribution is 2.28. The van der Waals surface area contributed by atoms with Gasteiger partial charge in [0.25, 0.3) is 11.8 Å². The number of carbonyl (C=O) groups excluding carboxylic acids is 2. The van der Waals surface area contributed by atoms with E-state index in [0.29, 0.717) is 16.4 Å². The molecule has 0 unspecified atom stereocenters. The lowest BCUT2D eigenvalue weighted by Gasteiger charge is -2.14. The average molecular weight is 461 g/mol. The van der Waals surface area contributed by atoms with Gasteiger partial charge in [-0.2, -0.15) is 0 Å². The summed E-state index contributed by atoms with van der Waals surface area (Å²) >= 11 is 7.11. The molecule has 0 fully saturated rings. The van der Waals surface area contributed by atoms with Crippen LogP contribution in [0.25, 0.3) is 0 Å². The van der Waals surface area contributed by atoms with E-state index >= 15 is 0 Å². The van der Waals surface area contributed by atoms with Gasteiger partial charge >= 0.3 is 0 Å². The zero-order valence-corrected chi connectivity index (χ0v) is 18.9. The minimum absolute atomic E-state index is 0.0195. The van der Waals surface area contributed by atoms with E-state index in [9.17, 15) is 14.0 Å². The number of aryl methyl sites for hydroxylation is 1. The number of nitrogens with one attached hydrogen (secondary N) is 2. The van der Waals surface area contributed by atoms with Crippen LogP contribution in [0, 0.1) is 12.7 Å². The molecular weight excluding hydrogens is 439 g/mol. The highest BCUT2D eigenvalue weighted by molar-refractivity contribution is 7.18. The van der Waals surface area contributed by atoms with Crippen LogP contribution in [0.15, 0.2) is 48.5 Å². The Morgan fingerprint density at radius 3 is 2.58 bits per heavy atom. The molecule has 31 heavy (non-hydrogen) atoms. The number of hydrogen-bond donors (Lipinski definition) is 2. The standard InChI is InChI=1S/C23H22ClFN2O3S/c1-13(2)30-19-7-5-4-6-15(19)12-26-23(29)21-14(3)10-20(31-21)27-22(28)17-9-8-16(25)11-18(17)24/h4-11,13H,12H2,1-3H3,(H,26,29)(H,27,28). The molecule has 2 aromatic carbocycles. The Balaban J connectivity index is 1.68. The van der Waals surface area contributed by atoms with Crippen molar-refractivity contribution < 1.29 is 18.7 Å². The number of halogens is 2. The number of hydrogen-bond acceptors (Lipinski definition) is 4. The number of thiophene rings is 1. The van der Waals surface area contributed by atoms with Crippen molar-refractivity contribution in [2.45, 2.75) is 33.4 Å². The normalized spacial score (nSPS) is 10.8. The maximum atomic E-state index is 13.2. The maximum Gasteiger partial charge on any atom is 0.261 e. The molecule has 0 bridgehead atoms. The van der Waals surface area contributed by atoms with Gasteiger partial charge in [0, 0.05) is 12.1 Å². The number of carbonyl (C=O) groups is 2. The van der Waals surface area contributed by atoms with Gasteiger partial charge in [-0.1, -0.05) is 29.8 Å². The fourth-order valence-electron chi connectivity index (χ4n) is 2.90. The van der Waals surface area contributed by atoms with Gasteiger partial charge in [0.15, 0.2) is 0 Å². The van der Waals surface area contributed by atoms with Gasteiger partial charge < -0.3 is 15.4 Å². The van der Waals surface area contributed by atoms with Gasteiger partial charge in [-0.15, -0.1) is 11.3 Å². The summed E-state index contributed by atoms with van der Waals surface area (Å²) in [6, 6.07) is 12.8. The van der Waals surface area contributed by atoms with Crippen LogP contribution in [0.2, 0.25) is 5.02 Å². The molecule has 3 rings (SSSR count). The van der Waals surface area contributed by atoms with Gasteiger partial charge in [-0.3, -0.25) is 9.59 Å². The molecule has 1 aromatic heterocycles. The molecule has 0 aliphatic carbocycles. The van der Waals surface area contributed by atoms with Crippen molar-refractivity contribution in [3.63, 3.8) is 0 Å². The lowest BCUT2D eigenvalue weighted by atomic mass is 10.2. The molecule has 162 valence electrons. The van der Waals surface area contributed by atoms with Crippen molar-refractivity contribution in [2.24, 2.45) is 0 Å². The number of ether oxygens (including phenoxy) is 1. The lowest BCUT2D eigenvalue weighted by molar-refractivity contribution is 0.0953. The van der Waals surface area contributed by atoms with Crippen molar-refractivity contribution in [2.75, 3.05) is 5.32 Å². The second kappa shape index (κ2) is 9.94. The molecule has 8 heteroatoms. The second-order valence-corrected chi connectivity index (χ2v) is 8.62. The largest absolute Gasteiger partial charge is 0.491 e. The molecule has 2 amide bonds. The second-order valence-electron chi connectivity index (χ2n) is 7.16. The van der Waals surface area contributed by atoms with Crippen molar-refractivity contribution in [3.8, 4) is 5.75 Å². The van der Waals surface area contributed by atoms with Crippen LogP contribution in [0.3, 0.4) is 0 Å². The molecule has 2 N–H and O–H groups in total. The minimum Gasteiger partial charge on any atom is -0.491 e. The van der Waals surface area contributed by atoms with Gasteiger partial charge in [0.2, 0.25) is 0 Å². The van der Waals surface area contributed by atoms with Crippen molar-refractivity contribution in [3.05, 3.63) is 80.9 Å². The Morgan fingerprint density at radius 2 is 1.87 bits per heavy atom. The fourth-order valence-corrected chi connectivity index (χ4v) is 4.13. The maximum absolute atomic E-state index is 13.2. The van der Waals surface area contributed by atoms with E-state index in [2.05, 4.69) is 10.6 Å². The van der Waals surface area contributed by atoms with Crippen LogP contribution in [-0.4, -0.2) is 17.9 Å². The molecule has 0 saturated heterocycles. The molecule has 5 nitrogen and oxygen atoms in total. The summed E-state index contributed by atoms with van der Waals surface area (Å²) in [4.78, 5) is 25.7. The topological polar surface area (TPSA) is 67.4 Å². The first-order valence-electron chi connectivity index (χ1n) is 9.64. The summed E-state index contributed by atoms with van der Waals surface area (Å²) < 4.78 is 19.0. The third kappa shape index (κ3) is 5.83. The molecule has 1 heterocycles. The van der Waals surface area contributed by atoms with E-state index in [4.69, 9.17) is 16.3 Å². The van der Waals surface area contributed by atoms with Crippen molar-refractivity contribution in [1.82, 2.24) is 5.32 Å². The van der Waals surface area contributed by atoms with Gasteiger partial charge in [0.1, 0.15) is 11.6 Å². The Morgan fingerprint density at radius 1 is 1.13 bits per heavy atom. The minimum atomic E-state index is -0.521. The monoisotopic (exact) mass is 460 g/mol. The van der Waals surface area contributed by atoms with E-state index in [1.54, 1.807) is 13.0 Å². The number of rotatable bonds is 7. The summed E-state index contributed by atoms with van der Waals surface area (Å²) in [5, 5.41) is 6.13. The van der Waals surface area contributed by atoms with Crippen molar-refractivity contribution in [1.29, 1.82) is 0 Å². The highest BCUT2D eigenvalue weighted by Gasteiger charge is 2.17. The Bertz CT molecular complexity index is 1110. The zero-order valence-electron chi connectivity index (χ0n) is 17.3. The molecule has 0 saturated carbocycles. The summed E-state index contributed by atoms with van der Waals surface area (Å²) in [5.74, 6) is -0.516. The lowest BCUT2D eigenvalue weighted by Crippen LogP contribution is -2.23. The summed E-state index contributed by atoms with van der Waals surface area (Å²) in [6.45, 7) is 5.99. The van der Waals surface area contributed by atoms with E-state index in [1.165, 1.54) is 12.1 Å². The first kappa shape index (κ1) is 22.8. The molecular formula is C23H22ClFN2O3S. The van der Waals surface area contributed by atoms with Crippen molar-refractivity contribution >= 4 is 39.8 Å². The number of amides is 2. The molecule has 0 radical (unpaired) electrons. The van der Waals surface area contributed by atoms with Crippen LogP contribution in [0.5, 0.6) is 5.75 Å². The third-order valence-electron chi connectivity index (χ3n) is 4.31. The van der Waals surface area contributed by atoms with Gasteiger partial charge in [-0.05, 0) is 56.7 Å². The highest BCUT2D eigenvalue weighted by atomic mass is 35.5. The molecule has 0 aliphatic heterocycles. The zero-order chi connectivity index (χ0) is 22.5. The molecule has 0 spiro atoms. The van der Waals surface area contributed by atoms with Gasteiger partial charge in [-0.25, -0.2) is 4.39 Å². The SMILES string of the molecule is Cc1cc(NC(=O)c2ccc(F)cc2Cl)sc1C(=O)NCc1ccccc1OC(C)C. The number of anilines is 1. The van der Waals surface area contributed by atoms with E-state index in [0.717, 1.165) is 34.3 Å². The van der Waals surface area contributed by atoms with Crippen LogP contribution in [0.4, 0.5) is 9.39 Å². The van der Waals surface area contributed by atoms with E-state index in [1.807, 2.05) is 38.1 Å². The van der Waals surface area contributed by atoms with Gasteiger partial charge in [0.05, 0.1) is 26.6 Å². The van der Waals surface area contributed by atoms with Crippen LogP contribution < -0.4 is 15.4 Å². The van der Waals surface area contributed by atoms with Crippen LogP contribution >= 0.6 is 22.9 Å². The number of para-hydroxylation sites is 1. The summed E-state index contributed by atoms with van der Waals surface area (Å²) in [7, 11) is 0. The van der Waals surface area contributed by atoms with Crippen LogP contribution in [-0.2, 0) is 6.54 Å². The quantitative estimate of drug-likeness (QED) is 0.467. The van der Waals surface area contributed by atoms with E-state index < -0.39 is 11.7 Å². The first-order valence-corrected chi connectivity index (χ1v) is 10.8. The molecule has 0 atom stereocenters. The van der Waals surface area contributed by atoms with E-state index in [-0.39, 0.29) is 22.6 Å². The molecule has 3 aromatic rings. The smallest absolute Gasteiger partial charge is 0.261 e.